The van der Waals surface area contributed by atoms with Crippen molar-refractivity contribution >= 4 is 29.1 Å². The molecule has 1 aliphatic rings. The number of nitrogens with zero attached hydrogens (tertiary/aromatic N) is 3. The second-order valence-corrected chi connectivity index (χ2v) is 8.10. The van der Waals surface area contributed by atoms with Gasteiger partial charge in [0.05, 0.1) is 16.3 Å². The molecule has 0 saturated carbocycles. The molecule has 1 aliphatic heterocycles. The number of carbonyl (C=O) groups excluding carboxylic acids is 2. The van der Waals surface area contributed by atoms with E-state index in [1.54, 1.807) is 17.9 Å². The van der Waals surface area contributed by atoms with E-state index in [0.717, 1.165) is 36.0 Å². The molecule has 0 atom stereocenters. The second kappa shape index (κ2) is 10.0. The lowest BCUT2D eigenvalue weighted by Crippen LogP contribution is -2.49. The first-order valence-electron chi connectivity index (χ1n) is 10.5. The fourth-order valence-electron chi connectivity index (χ4n) is 3.89. The highest BCUT2D eigenvalue weighted by molar-refractivity contribution is 6.33. The summed E-state index contributed by atoms with van der Waals surface area (Å²) in [7, 11) is 0. The molecule has 0 radical (unpaired) electrons. The van der Waals surface area contributed by atoms with E-state index in [2.05, 4.69) is 4.90 Å². The Labute approximate surface area is 183 Å². The normalized spacial score (nSPS) is 14.1. The van der Waals surface area contributed by atoms with Crippen molar-refractivity contribution in [2.75, 3.05) is 44.2 Å². The number of furan rings is 1. The van der Waals surface area contributed by atoms with Gasteiger partial charge in [-0.15, -0.1) is 0 Å². The quantitative estimate of drug-likeness (QED) is 0.661. The van der Waals surface area contributed by atoms with Gasteiger partial charge in [0.15, 0.2) is 0 Å². The van der Waals surface area contributed by atoms with Gasteiger partial charge >= 0.3 is 0 Å². The second-order valence-electron chi connectivity index (χ2n) is 7.69. The van der Waals surface area contributed by atoms with Gasteiger partial charge in [-0.05, 0) is 38.5 Å². The zero-order chi connectivity index (χ0) is 21.7. The maximum absolute atomic E-state index is 12.9. The van der Waals surface area contributed by atoms with E-state index < -0.39 is 0 Å². The van der Waals surface area contributed by atoms with Gasteiger partial charge in [0.25, 0.3) is 5.91 Å². The Kier molecular flexibility index (Phi) is 7.43. The van der Waals surface area contributed by atoms with Gasteiger partial charge in [0.1, 0.15) is 11.5 Å². The third-order valence-electron chi connectivity index (χ3n) is 5.47. The topological polar surface area (TPSA) is 57.0 Å². The van der Waals surface area contributed by atoms with Crippen LogP contribution in [0.25, 0.3) is 0 Å². The van der Waals surface area contributed by atoms with E-state index in [1.807, 2.05) is 43.0 Å². The number of para-hydroxylation sites is 1. The van der Waals surface area contributed by atoms with Gasteiger partial charge < -0.3 is 19.1 Å². The molecule has 0 spiro atoms. The average molecular weight is 432 g/mol. The molecule has 7 heteroatoms. The summed E-state index contributed by atoms with van der Waals surface area (Å²) in [6.45, 7) is 9.52. The number of piperazine rings is 1. The smallest absolute Gasteiger partial charge is 0.257 e. The van der Waals surface area contributed by atoms with Gasteiger partial charge in [0, 0.05) is 45.7 Å². The van der Waals surface area contributed by atoms with Crippen LogP contribution in [0.2, 0.25) is 5.02 Å². The Morgan fingerprint density at radius 3 is 2.40 bits per heavy atom. The number of aryl methyl sites for hydroxylation is 2. The fourth-order valence-corrected chi connectivity index (χ4v) is 4.15. The van der Waals surface area contributed by atoms with E-state index in [1.165, 1.54) is 0 Å². The van der Waals surface area contributed by atoms with Crippen LogP contribution in [0.15, 0.2) is 34.7 Å². The molecule has 0 bridgehead atoms. The highest BCUT2D eigenvalue weighted by Crippen LogP contribution is 2.26. The first-order valence-corrected chi connectivity index (χ1v) is 10.9. The standard InChI is InChI=1S/C23H30ClN3O3/c1-4-10-27(23(29)19-16-17(2)30-18(19)3)11-9-22(28)26-14-12-25(13-15-26)21-8-6-5-7-20(21)24/h5-8,16H,4,9-15H2,1-3H3. The number of hydrogen-bond acceptors (Lipinski definition) is 4. The first kappa shape index (κ1) is 22.2. The van der Waals surface area contributed by atoms with Crippen molar-refractivity contribution in [3.05, 3.63) is 52.4 Å². The van der Waals surface area contributed by atoms with Gasteiger partial charge in [-0.3, -0.25) is 9.59 Å². The Morgan fingerprint density at radius 1 is 1.10 bits per heavy atom. The monoisotopic (exact) mass is 431 g/mol. The molecule has 1 aromatic heterocycles. The van der Waals surface area contributed by atoms with Gasteiger partial charge in [-0.2, -0.15) is 0 Å². The van der Waals surface area contributed by atoms with Crippen molar-refractivity contribution < 1.29 is 14.0 Å². The number of halogens is 1. The highest BCUT2D eigenvalue weighted by Gasteiger charge is 2.25. The van der Waals surface area contributed by atoms with Crippen LogP contribution in [0.5, 0.6) is 0 Å². The van der Waals surface area contributed by atoms with E-state index >= 15 is 0 Å². The predicted octanol–water partition coefficient (Wildman–Crippen LogP) is 4.14. The molecule has 0 N–H and O–H groups in total. The van der Waals surface area contributed by atoms with Gasteiger partial charge in [0.2, 0.25) is 5.91 Å². The summed E-state index contributed by atoms with van der Waals surface area (Å²) in [6, 6.07) is 9.56. The minimum absolute atomic E-state index is 0.0671. The number of benzene rings is 1. The Bertz CT molecular complexity index is 888. The minimum Gasteiger partial charge on any atom is -0.466 e. The van der Waals surface area contributed by atoms with Crippen molar-refractivity contribution in [1.82, 2.24) is 9.80 Å². The Morgan fingerprint density at radius 2 is 1.80 bits per heavy atom. The largest absolute Gasteiger partial charge is 0.466 e. The van der Waals surface area contributed by atoms with Crippen LogP contribution in [0, 0.1) is 13.8 Å². The van der Waals surface area contributed by atoms with Crippen LogP contribution < -0.4 is 4.90 Å². The number of rotatable bonds is 7. The average Bonchev–Trinajstić information content (AvgIpc) is 3.08. The van der Waals surface area contributed by atoms with Crippen molar-refractivity contribution in [1.29, 1.82) is 0 Å². The third-order valence-corrected chi connectivity index (χ3v) is 5.79. The fraction of sp³-hybridized carbons (Fsp3) is 0.478. The summed E-state index contributed by atoms with van der Waals surface area (Å²) >= 11 is 6.30. The van der Waals surface area contributed by atoms with E-state index in [-0.39, 0.29) is 11.8 Å². The molecule has 162 valence electrons. The minimum atomic E-state index is -0.0671. The molecule has 3 rings (SSSR count). The zero-order valence-electron chi connectivity index (χ0n) is 18.0. The van der Waals surface area contributed by atoms with Crippen LogP contribution in [-0.2, 0) is 4.79 Å². The van der Waals surface area contributed by atoms with Crippen molar-refractivity contribution in [2.45, 2.75) is 33.6 Å². The van der Waals surface area contributed by atoms with Crippen molar-refractivity contribution in [3.63, 3.8) is 0 Å². The number of amides is 2. The number of hydrogen-bond donors (Lipinski definition) is 0. The van der Waals surface area contributed by atoms with Gasteiger partial charge in [-0.1, -0.05) is 30.7 Å². The maximum Gasteiger partial charge on any atom is 0.257 e. The Balaban J connectivity index is 1.54. The lowest BCUT2D eigenvalue weighted by atomic mass is 10.2. The summed E-state index contributed by atoms with van der Waals surface area (Å²) < 4.78 is 5.50. The first-order chi connectivity index (χ1) is 14.4. The summed E-state index contributed by atoms with van der Waals surface area (Å²) in [5.41, 5.74) is 1.60. The number of carbonyl (C=O) groups is 2. The molecule has 0 unspecified atom stereocenters. The Hall–Kier alpha value is -2.47. The summed E-state index contributed by atoms with van der Waals surface area (Å²) in [6.07, 6.45) is 1.17. The van der Waals surface area contributed by atoms with Crippen molar-refractivity contribution in [3.8, 4) is 0 Å². The van der Waals surface area contributed by atoms with Crippen LogP contribution in [0.3, 0.4) is 0 Å². The molecule has 1 saturated heterocycles. The lowest BCUT2D eigenvalue weighted by Gasteiger charge is -2.36. The SMILES string of the molecule is CCCN(CCC(=O)N1CCN(c2ccccc2Cl)CC1)C(=O)c1cc(C)oc1C. The van der Waals surface area contributed by atoms with Gasteiger partial charge in [-0.25, -0.2) is 0 Å². The molecule has 6 nitrogen and oxygen atoms in total. The molecule has 1 fully saturated rings. The van der Waals surface area contributed by atoms with E-state index in [4.69, 9.17) is 16.0 Å². The summed E-state index contributed by atoms with van der Waals surface area (Å²) in [5, 5.41) is 0.732. The van der Waals surface area contributed by atoms with Crippen LogP contribution in [0.1, 0.15) is 41.6 Å². The molecule has 0 aliphatic carbocycles. The molecule has 2 heterocycles. The zero-order valence-corrected chi connectivity index (χ0v) is 18.7. The molecule has 1 aromatic carbocycles. The van der Waals surface area contributed by atoms with E-state index in [9.17, 15) is 9.59 Å². The lowest BCUT2D eigenvalue weighted by molar-refractivity contribution is -0.131. The molecule has 2 aromatic rings. The molecule has 30 heavy (non-hydrogen) atoms. The van der Waals surface area contributed by atoms with Crippen molar-refractivity contribution in [2.24, 2.45) is 0 Å². The summed E-state index contributed by atoms with van der Waals surface area (Å²) in [4.78, 5) is 31.5. The van der Waals surface area contributed by atoms with Crippen LogP contribution >= 0.6 is 11.6 Å². The molecular formula is C23H30ClN3O3. The number of anilines is 1. The highest BCUT2D eigenvalue weighted by atomic mass is 35.5. The summed E-state index contributed by atoms with van der Waals surface area (Å²) in [5.74, 6) is 1.37. The van der Waals surface area contributed by atoms with Crippen LogP contribution in [-0.4, -0.2) is 60.9 Å². The predicted molar refractivity (Wildman–Crippen MR) is 119 cm³/mol. The molecule has 2 amide bonds. The third kappa shape index (κ3) is 5.17. The van der Waals surface area contributed by atoms with E-state index in [0.29, 0.717) is 43.9 Å². The maximum atomic E-state index is 12.9. The van der Waals surface area contributed by atoms with Crippen LogP contribution in [0.4, 0.5) is 5.69 Å². The molecular weight excluding hydrogens is 402 g/mol.